The molecule has 0 spiro atoms. The van der Waals surface area contributed by atoms with Crippen molar-refractivity contribution in [1.82, 2.24) is 4.90 Å². The summed E-state index contributed by atoms with van der Waals surface area (Å²) >= 11 is 4.25. The second-order valence-electron chi connectivity index (χ2n) is 6.32. The minimum absolute atomic E-state index is 0.826. The summed E-state index contributed by atoms with van der Waals surface area (Å²) in [6.45, 7) is 7.35. The van der Waals surface area contributed by atoms with E-state index in [1.807, 2.05) is 0 Å². The number of hydrogen-bond donors (Lipinski definition) is 1. The molecule has 0 aromatic rings. The van der Waals surface area contributed by atoms with Crippen LogP contribution in [0.2, 0.25) is 0 Å². The Kier molecular flexibility index (Phi) is 9.22. The lowest BCUT2D eigenvalue weighted by molar-refractivity contribution is 0.229. The maximum Gasteiger partial charge on any atom is 0.00965 e. The minimum Gasteiger partial charge on any atom is -0.300 e. The molecule has 108 valence electrons. The monoisotopic (exact) mass is 271 g/mol. The first kappa shape index (κ1) is 16.4. The van der Waals surface area contributed by atoms with Crippen LogP contribution >= 0.6 is 12.6 Å². The Bertz CT molecular complexity index is 190. The molecule has 2 heteroatoms. The number of nitrogens with zero attached hydrogens (tertiary/aromatic N) is 1. The van der Waals surface area contributed by atoms with E-state index in [9.17, 15) is 0 Å². The maximum absolute atomic E-state index is 4.25. The highest BCUT2D eigenvalue weighted by Crippen LogP contribution is 2.27. The van der Waals surface area contributed by atoms with Crippen molar-refractivity contribution in [1.29, 1.82) is 0 Å². The molecule has 0 aliphatic heterocycles. The van der Waals surface area contributed by atoms with Gasteiger partial charge in [0.1, 0.15) is 0 Å². The van der Waals surface area contributed by atoms with E-state index in [0.717, 1.165) is 17.7 Å². The summed E-state index contributed by atoms with van der Waals surface area (Å²) in [7, 11) is 0. The molecule has 0 unspecified atom stereocenters. The molecule has 1 aliphatic rings. The zero-order valence-electron chi connectivity index (χ0n) is 12.5. The summed E-state index contributed by atoms with van der Waals surface area (Å²) in [6.07, 6.45) is 12.7. The van der Waals surface area contributed by atoms with Gasteiger partial charge < -0.3 is 4.90 Å². The molecular formula is C16H33NS. The van der Waals surface area contributed by atoms with Crippen LogP contribution in [0.3, 0.4) is 0 Å². The van der Waals surface area contributed by atoms with Crippen molar-refractivity contribution in [2.75, 3.05) is 18.8 Å². The van der Waals surface area contributed by atoms with Gasteiger partial charge in [-0.05, 0) is 43.9 Å². The van der Waals surface area contributed by atoms with Crippen LogP contribution in [0.1, 0.15) is 71.6 Å². The summed E-state index contributed by atoms with van der Waals surface area (Å²) in [5, 5.41) is 0. The van der Waals surface area contributed by atoms with Gasteiger partial charge in [-0.3, -0.25) is 0 Å². The number of hydrogen-bond acceptors (Lipinski definition) is 2. The second-order valence-corrected chi connectivity index (χ2v) is 6.77. The third-order valence-electron chi connectivity index (χ3n) is 3.77. The second kappa shape index (κ2) is 10.1. The number of rotatable bonds is 12. The first-order valence-corrected chi connectivity index (χ1v) is 8.72. The Balaban J connectivity index is 1.91. The van der Waals surface area contributed by atoms with Gasteiger partial charge in [-0.25, -0.2) is 0 Å². The summed E-state index contributed by atoms with van der Waals surface area (Å²) < 4.78 is 0. The number of thiol groups is 1. The van der Waals surface area contributed by atoms with Gasteiger partial charge in [-0.15, -0.1) is 0 Å². The standard InChI is InChI=1S/C16H33NS/c1-15(2)14-17(16-10-11-16)12-8-6-4-3-5-7-9-13-18/h15-16,18H,3-14H2,1-2H3. The van der Waals surface area contributed by atoms with Gasteiger partial charge in [0.25, 0.3) is 0 Å². The smallest absolute Gasteiger partial charge is 0.00965 e. The first-order valence-electron chi connectivity index (χ1n) is 8.09. The van der Waals surface area contributed by atoms with Gasteiger partial charge in [-0.2, -0.15) is 12.6 Å². The summed E-state index contributed by atoms with van der Waals surface area (Å²) in [6, 6.07) is 0.947. The molecule has 0 heterocycles. The fourth-order valence-electron chi connectivity index (χ4n) is 2.64. The van der Waals surface area contributed by atoms with E-state index in [1.165, 1.54) is 70.9 Å². The maximum atomic E-state index is 4.25. The van der Waals surface area contributed by atoms with Crippen molar-refractivity contribution < 1.29 is 0 Å². The molecule has 0 amide bonds. The lowest BCUT2D eigenvalue weighted by Gasteiger charge is -2.23. The molecule has 18 heavy (non-hydrogen) atoms. The quantitative estimate of drug-likeness (QED) is 0.395. The number of unbranched alkanes of at least 4 members (excludes halogenated alkanes) is 6. The SMILES string of the molecule is CC(C)CN(CCCCCCCCCS)C1CC1. The van der Waals surface area contributed by atoms with Crippen molar-refractivity contribution in [2.24, 2.45) is 5.92 Å². The summed E-state index contributed by atoms with van der Waals surface area (Å²) in [5.74, 6) is 1.89. The zero-order valence-corrected chi connectivity index (χ0v) is 13.4. The molecule has 0 bridgehead atoms. The van der Waals surface area contributed by atoms with Crippen LogP contribution in [-0.2, 0) is 0 Å². The molecule has 1 rings (SSSR count). The molecule has 0 radical (unpaired) electrons. The average Bonchev–Trinajstić information content (AvgIpc) is 3.14. The lowest BCUT2D eigenvalue weighted by Crippen LogP contribution is -2.30. The molecule has 1 fully saturated rings. The highest BCUT2D eigenvalue weighted by Gasteiger charge is 2.28. The van der Waals surface area contributed by atoms with E-state index in [1.54, 1.807) is 0 Å². The van der Waals surface area contributed by atoms with Gasteiger partial charge in [0.15, 0.2) is 0 Å². The van der Waals surface area contributed by atoms with Crippen molar-refractivity contribution in [3.8, 4) is 0 Å². The van der Waals surface area contributed by atoms with Gasteiger partial charge in [0, 0.05) is 12.6 Å². The van der Waals surface area contributed by atoms with Crippen molar-refractivity contribution in [3.05, 3.63) is 0 Å². The predicted octanol–water partition coefficient (Wildman–Crippen LogP) is 4.77. The molecule has 1 nitrogen and oxygen atoms in total. The predicted molar refractivity (Wildman–Crippen MR) is 85.6 cm³/mol. The third kappa shape index (κ3) is 8.42. The van der Waals surface area contributed by atoms with Crippen LogP contribution < -0.4 is 0 Å². The normalized spacial score (nSPS) is 15.8. The van der Waals surface area contributed by atoms with Crippen molar-refractivity contribution in [3.63, 3.8) is 0 Å². The Labute approximate surface area is 120 Å². The fourth-order valence-corrected chi connectivity index (χ4v) is 2.87. The summed E-state index contributed by atoms with van der Waals surface area (Å²) in [4.78, 5) is 2.74. The highest BCUT2D eigenvalue weighted by atomic mass is 32.1. The topological polar surface area (TPSA) is 3.24 Å². The fraction of sp³-hybridized carbons (Fsp3) is 1.00. The molecule has 0 aromatic heterocycles. The summed E-state index contributed by atoms with van der Waals surface area (Å²) in [5.41, 5.74) is 0. The molecule has 0 N–H and O–H groups in total. The molecule has 0 atom stereocenters. The average molecular weight is 272 g/mol. The van der Waals surface area contributed by atoms with Crippen LogP contribution in [0.15, 0.2) is 0 Å². The van der Waals surface area contributed by atoms with E-state index in [2.05, 4.69) is 31.4 Å². The molecular weight excluding hydrogens is 238 g/mol. The van der Waals surface area contributed by atoms with E-state index in [-0.39, 0.29) is 0 Å². The molecule has 0 saturated heterocycles. The van der Waals surface area contributed by atoms with E-state index in [4.69, 9.17) is 0 Å². The van der Waals surface area contributed by atoms with Crippen LogP contribution in [0, 0.1) is 5.92 Å². The molecule has 0 aromatic carbocycles. The van der Waals surface area contributed by atoms with E-state index >= 15 is 0 Å². The van der Waals surface area contributed by atoms with Gasteiger partial charge in [0.05, 0.1) is 0 Å². The van der Waals surface area contributed by atoms with Gasteiger partial charge in [0.2, 0.25) is 0 Å². The van der Waals surface area contributed by atoms with E-state index in [0.29, 0.717) is 0 Å². The molecule has 1 aliphatic carbocycles. The Hall–Kier alpha value is 0.310. The van der Waals surface area contributed by atoms with Gasteiger partial charge in [-0.1, -0.05) is 46.0 Å². The van der Waals surface area contributed by atoms with Crippen molar-refractivity contribution in [2.45, 2.75) is 77.7 Å². The van der Waals surface area contributed by atoms with E-state index < -0.39 is 0 Å². The minimum atomic E-state index is 0.826. The Morgan fingerprint density at radius 1 is 0.944 bits per heavy atom. The lowest BCUT2D eigenvalue weighted by atomic mass is 10.1. The van der Waals surface area contributed by atoms with Crippen LogP contribution in [-0.4, -0.2) is 29.8 Å². The first-order chi connectivity index (χ1) is 8.74. The Morgan fingerprint density at radius 3 is 2.00 bits per heavy atom. The van der Waals surface area contributed by atoms with Crippen molar-refractivity contribution >= 4 is 12.6 Å². The van der Waals surface area contributed by atoms with Crippen LogP contribution in [0.25, 0.3) is 0 Å². The largest absolute Gasteiger partial charge is 0.300 e. The highest BCUT2D eigenvalue weighted by molar-refractivity contribution is 7.80. The van der Waals surface area contributed by atoms with Gasteiger partial charge >= 0.3 is 0 Å². The zero-order chi connectivity index (χ0) is 13.2. The third-order valence-corrected chi connectivity index (χ3v) is 4.08. The molecule has 1 saturated carbocycles. The van der Waals surface area contributed by atoms with Crippen LogP contribution in [0.4, 0.5) is 0 Å². The Morgan fingerprint density at radius 2 is 1.50 bits per heavy atom. The van der Waals surface area contributed by atoms with Crippen LogP contribution in [0.5, 0.6) is 0 Å².